The van der Waals surface area contributed by atoms with Gasteiger partial charge in [0.25, 0.3) is 5.82 Å². The topological polar surface area (TPSA) is 66.6 Å². The zero-order valence-corrected chi connectivity index (χ0v) is 19.7. The van der Waals surface area contributed by atoms with E-state index >= 15 is 0 Å². The van der Waals surface area contributed by atoms with E-state index in [4.69, 9.17) is 4.42 Å². The van der Waals surface area contributed by atoms with E-state index in [9.17, 15) is 9.65 Å². The summed E-state index contributed by atoms with van der Waals surface area (Å²) in [6.07, 6.45) is 0.591. The van der Waals surface area contributed by atoms with Crippen molar-refractivity contribution in [2.45, 2.75) is 6.92 Å². The van der Waals surface area contributed by atoms with Gasteiger partial charge in [-0.05, 0) is 57.3 Å². The van der Waals surface area contributed by atoms with Crippen molar-refractivity contribution in [3.05, 3.63) is 102 Å². The van der Waals surface area contributed by atoms with Crippen LogP contribution in [0.15, 0.2) is 89.6 Å². The quantitative estimate of drug-likeness (QED) is 0.276. The van der Waals surface area contributed by atoms with Crippen LogP contribution < -0.4 is 4.57 Å². The van der Waals surface area contributed by atoms with Crippen LogP contribution in [0.4, 0.5) is 4.39 Å². The Labute approximate surface area is 206 Å². The van der Waals surface area contributed by atoms with Crippen LogP contribution in [0.25, 0.3) is 55.6 Å². The van der Waals surface area contributed by atoms with E-state index in [1.165, 1.54) is 6.33 Å². The molecule has 5 nitrogen and oxygen atoms in total. The Kier molecular flexibility index (Phi) is 5.05. The molecule has 6 aromatic rings. The first-order valence-corrected chi connectivity index (χ1v) is 11.5. The summed E-state index contributed by atoms with van der Waals surface area (Å²) in [6, 6.07) is 28.2. The van der Waals surface area contributed by atoms with E-state index in [-0.39, 0.29) is 0 Å². The Bertz CT molecular complexity index is 1830. The number of aryl methyl sites for hydroxylation is 2. The average molecular weight is 472 g/mol. The van der Waals surface area contributed by atoms with Gasteiger partial charge in [0.15, 0.2) is 0 Å². The number of nitrogens with zero attached hydrogens (tertiary/aromatic N) is 4. The maximum Gasteiger partial charge on any atom is 0.461 e. The van der Waals surface area contributed by atoms with Gasteiger partial charge in [0.1, 0.15) is 11.2 Å². The molecule has 36 heavy (non-hydrogen) atoms. The van der Waals surface area contributed by atoms with Crippen molar-refractivity contribution in [2.75, 3.05) is 0 Å². The highest BCUT2D eigenvalue weighted by Gasteiger charge is 2.25. The summed E-state index contributed by atoms with van der Waals surface area (Å²) in [4.78, 5) is 7.70. The zero-order valence-electron chi connectivity index (χ0n) is 19.7. The predicted octanol–water partition coefficient (Wildman–Crippen LogP) is 6.52. The summed E-state index contributed by atoms with van der Waals surface area (Å²) in [6.45, 7) is 1.94. The van der Waals surface area contributed by atoms with Gasteiger partial charge in [-0.3, -0.25) is 0 Å². The van der Waals surface area contributed by atoms with Crippen LogP contribution >= 0.6 is 0 Å². The molecule has 0 unspecified atom stereocenters. The van der Waals surface area contributed by atoms with E-state index in [1.807, 2.05) is 61.5 Å². The molecule has 0 aliphatic rings. The summed E-state index contributed by atoms with van der Waals surface area (Å²) in [7, 11) is 1.77. The lowest BCUT2D eigenvalue weighted by Crippen LogP contribution is -2.33. The van der Waals surface area contributed by atoms with Crippen molar-refractivity contribution in [2.24, 2.45) is 7.05 Å². The van der Waals surface area contributed by atoms with Gasteiger partial charge in [-0.15, -0.1) is 4.39 Å². The largest absolute Gasteiger partial charge is 0.461 e. The molecule has 6 heteroatoms. The molecule has 0 atom stereocenters. The van der Waals surface area contributed by atoms with Crippen LogP contribution in [0.5, 0.6) is 0 Å². The standard InChI is InChI=1S/C30H20FN4O/c1-18-11-13-23-24-14-12-22(16-32)26(21-10-6-9-20(15-21)19-7-4-3-5-8-19)28(24)36-27(23)25(18)29-34-30(31)33-17-35(29)2/h3-15,17H,1-2H3/q+1. The van der Waals surface area contributed by atoms with Gasteiger partial charge in [0.2, 0.25) is 6.33 Å². The Morgan fingerprint density at radius 2 is 1.53 bits per heavy atom. The van der Waals surface area contributed by atoms with Crippen molar-refractivity contribution >= 4 is 21.9 Å². The van der Waals surface area contributed by atoms with E-state index < -0.39 is 6.08 Å². The molecule has 4 aromatic carbocycles. The lowest BCUT2D eigenvalue weighted by molar-refractivity contribution is -0.666. The Morgan fingerprint density at radius 1 is 0.833 bits per heavy atom. The minimum atomic E-state index is -0.805. The Morgan fingerprint density at radius 3 is 2.31 bits per heavy atom. The molecule has 0 aliphatic heterocycles. The van der Waals surface area contributed by atoms with E-state index in [2.05, 4.69) is 40.3 Å². The normalized spacial score (nSPS) is 11.2. The number of nitriles is 1. The fourth-order valence-electron chi connectivity index (χ4n) is 4.76. The van der Waals surface area contributed by atoms with Crippen molar-refractivity contribution < 1.29 is 13.4 Å². The monoisotopic (exact) mass is 471 g/mol. The third kappa shape index (κ3) is 3.41. The summed E-state index contributed by atoms with van der Waals surface area (Å²) >= 11 is 0. The highest BCUT2D eigenvalue weighted by Crippen LogP contribution is 2.42. The maximum atomic E-state index is 14.0. The Balaban J connectivity index is 1.67. The van der Waals surface area contributed by atoms with Gasteiger partial charge in [0.05, 0.1) is 24.2 Å². The van der Waals surface area contributed by atoms with Crippen LogP contribution in [0.2, 0.25) is 0 Å². The summed E-state index contributed by atoms with van der Waals surface area (Å²) in [5.41, 5.74) is 7.05. The van der Waals surface area contributed by atoms with Crippen molar-refractivity contribution in [3.63, 3.8) is 0 Å². The van der Waals surface area contributed by atoms with E-state index in [1.54, 1.807) is 11.6 Å². The first kappa shape index (κ1) is 21.6. The molecule has 0 amide bonds. The number of hydrogen-bond donors (Lipinski definition) is 0. The van der Waals surface area contributed by atoms with Gasteiger partial charge in [-0.25, -0.2) is 4.57 Å². The smallest absolute Gasteiger partial charge is 0.454 e. The number of benzene rings is 4. The molecule has 0 aliphatic carbocycles. The van der Waals surface area contributed by atoms with Gasteiger partial charge in [-0.2, -0.15) is 5.26 Å². The van der Waals surface area contributed by atoms with Gasteiger partial charge in [0, 0.05) is 16.3 Å². The molecule has 6 rings (SSSR count). The number of furan rings is 1. The molecule has 2 aromatic heterocycles. The van der Waals surface area contributed by atoms with Gasteiger partial charge < -0.3 is 4.42 Å². The molecule has 0 saturated carbocycles. The molecule has 0 spiro atoms. The SMILES string of the molecule is Cc1ccc2c(oc3c(-c4cccc(-c5ccccc5)c4)c(C#N)ccc32)c1-c1nc(F)nc[n+]1C. The third-order valence-corrected chi connectivity index (χ3v) is 6.49. The second-order valence-corrected chi connectivity index (χ2v) is 8.72. The molecule has 0 radical (unpaired) electrons. The maximum absolute atomic E-state index is 14.0. The van der Waals surface area contributed by atoms with Crippen LogP contribution in [0, 0.1) is 24.3 Å². The molecule has 0 bridgehead atoms. The van der Waals surface area contributed by atoms with E-state index in [0.717, 1.165) is 38.6 Å². The number of fused-ring (bicyclic) bond motifs is 3. The summed E-state index contributed by atoms with van der Waals surface area (Å²) in [5, 5.41) is 11.7. The summed E-state index contributed by atoms with van der Waals surface area (Å²) < 4.78 is 22.2. The highest BCUT2D eigenvalue weighted by atomic mass is 19.1. The summed E-state index contributed by atoms with van der Waals surface area (Å²) in [5.74, 6) is 0.415. The fraction of sp³-hybridized carbons (Fsp3) is 0.0667. The molecule has 0 fully saturated rings. The van der Waals surface area contributed by atoms with Crippen LogP contribution in [0.1, 0.15) is 11.1 Å². The highest BCUT2D eigenvalue weighted by molar-refractivity contribution is 6.13. The van der Waals surface area contributed by atoms with Crippen molar-refractivity contribution in [1.29, 1.82) is 5.26 Å². The van der Waals surface area contributed by atoms with Crippen LogP contribution in [-0.2, 0) is 7.05 Å². The molecule has 0 saturated heterocycles. The molecule has 0 N–H and O–H groups in total. The van der Waals surface area contributed by atoms with Crippen molar-refractivity contribution in [3.8, 4) is 39.7 Å². The number of rotatable bonds is 3. The van der Waals surface area contributed by atoms with E-state index in [0.29, 0.717) is 28.1 Å². The lowest BCUT2D eigenvalue weighted by atomic mass is 9.94. The first-order chi connectivity index (χ1) is 17.5. The zero-order chi connectivity index (χ0) is 24.8. The minimum absolute atomic E-state index is 0.415. The predicted molar refractivity (Wildman–Crippen MR) is 136 cm³/mol. The van der Waals surface area contributed by atoms with Crippen LogP contribution in [-0.4, -0.2) is 9.97 Å². The second kappa shape index (κ2) is 8.40. The number of aromatic nitrogens is 3. The van der Waals surface area contributed by atoms with Crippen LogP contribution in [0.3, 0.4) is 0 Å². The molecular weight excluding hydrogens is 451 g/mol. The first-order valence-electron chi connectivity index (χ1n) is 11.5. The van der Waals surface area contributed by atoms with Crippen molar-refractivity contribution in [1.82, 2.24) is 9.97 Å². The van der Waals surface area contributed by atoms with Gasteiger partial charge in [-0.1, -0.05) is 60.7 Å². The lowest BCUT2D eigenvalue weighted by Gasteiger charge is -2.08. The van der Waals surface area contributed by atoms with Gasteiger partial charge >= 0.3 is 6.08 Å². The Hall–Kier alpha value is -4.89. The fourth-order valence-corrected chi connectivity index (χ4v) is 4.76. The number of hydrogen-bond acceptors (Lipinski definition) is 4. The minimum Gasteiger partial charge on any atom is -0.454 e. The number of halogens is 1. The molecule has 172 valence electrons. The molecular formula is C30H20FN4O+. The molecule has 2 heterocycles. The third-order valence-electron chi connectivity index (χ3n) is 6.49. The second-order valence-electron chi connectivity index (χ2n) is 8.72. The average Bonchev–Trinajstić information content (AvgIpc) is 3.28.